The van der Waals surface area contributed by atoms with Gasteiger partial charge in [-0.3, -0.25) is 15.0 Å². The van der Waals surface area contributed by atoms with Gasteiger partial charge in [0.25, 0.3) is 0 Å². The highest BCUT2D eigenvalue weighted by atomic mass is 14.8. The fraction of sp³-hybridized carbons (Fsp3) is 0.353. The Bertz CT molecular complexity index is 572. The van der Waals surface area contributed by atoms with Gasteiger partial charge in [0.2, 0.25) is 0 Å². The third kappa shape index (κ3) is 3.10. The third-order valence-electron chi connectivity index (χ3n) is 3.91. The monoisotopic (exact) mass is 265 g/mol. The Balaban J connectivity index is 1.84. The average Bonchev–Trinajstić information content (AvgIpc) is 2.55. The summed E-state index contributed by atoms with van der Waals surface area (Å²) in [5.74, 6) is 0.666. The van der Waals surface area contributed by atoms with Gasteiger partial charge in [-0.05, 0) is 42.5 Å². The molecule has 0 amide bonds. The van der Waals surface area contributed by atoms with Crippen molar-refractivity contribution in [2.75, 3.05) is 0 Å². The van der Waals surface area contributed by atoms with E-state index in [0.29, 0.717) is 5.92 Å². The minimum absolute atomic E-state index is 0.666. The van der Waals surface area contributed by atoms with E-state index in [0.717, 1.165) is 11.4 Å². The minimum atomic E-state index is 0.666. The van der Waals surface area contributed by atoms with Crippen molar-refractivity contribution in [2.45, 2.75) is 38.0 Å². The highest BCUT2D eigenvalue weighted by Gasteiger charge is 2.17. The van der Waals surface area contributed by atoms with Gasteiger partial charge >= 0.3 is 0 Å². The fourth-order valence-electron chi connectivity index (χ4n) is 2.89. The maximum atomic E-state index is 4.53. The molecule has 0 aliphatic heterocycles. The Kier molecular flexibility index (Phi) is 4.16. The Morgan fingerprint density at radius 1 is 0.950 bits per heavy atom. The number of pyridine rings is 1. The maximum absolute atomic E-state index is 4.53. The summed E-state index contributed by atoms with van der Waals surface area (Å²) < 4.78 is 0. The van der Waals surface area contributed by atoms with E-state index in [1.807, 2.05) is 18.3 Å². The lowest BCUT2D eigenvalue weighted by Gasteiger charge is -2.23. The summed E-state index contributed by atoms with van der Waals surface area (Å²) >= 11 is 0. The van der Waals surface area contributed by atoms with Gasteiger partial charge in [-0.1, -0.05) is 25.3 Å². The molecule has 1 saturated carbocycles. The smallest absolute Gasteiger partial charge is 0.0813 e. The van der Waals surface area contributed by atoms with E-state index in [9.17, 15) is 0 Å². The summed E-state index contributed by atoms with van der Waals surface area (Å²) in [4.78, 5) is 12.9. The highest BCUT2D eigenvalue weighted by molar-refractivity contribution is 5.67. The van der Waals surface area contributed by atoms with Gasteiger partial charge in [-0.25, -0.2) is 0 Å². The number of rotatable bonds is 3. The van der Waals surface area contributed by atoms with Crippen LogP contribution in [0.5, 0.6) is 0 Å². The zero-order valence-electron chi connectivity index (χ0n) is 11.6. The van der Waals surface area contributed by atoms with Crippen LogP contribution in [0.1, 0.15) is 55.0 Å². The van der Waals surface area contributed by atoms with E-state index >= 15 is 0 Å². The fourth-order valence-corrected chi connectivity index (χ4v) is 2.89. The zero-order valence-corrected chi connectivity index (χ0v) is 11.6. The number of aromatic nitrogens is 3. The molecule has 0 bridgehead atoms. The van der Waals surface area contributed by atoms with Gasteiger partial charge in [-0.15, -0.1) is 0 Å². The first-order chi connectivity index (χ1) is 9.93. The molecule has 3 rings (SSSR count). The molecule has 1 aliphatic carbocycles. The van der Waals surface area contributed by atoms with Crippen molar-refractivity contribution in [3.8, 4) is 0 Å². The van der Waals surface area contributed by atoms with E-state index in [4.69, 9.17) is 0 Å². The molecule has 0 aromatic carbocycles. The van der Waals surface area contributed by atoms with Crippen LogP contribution in [-0.4, -0.2) is 15.0 Å². The topological polar surface area (TPSA) is 38.7 Å². The van der Waals surface area contributed by atoms with E-state index < -0.39 is 0 Å². The molecular formula is C17H19N3. The first kappa shape index (κ1) is 13.0. The first-order valence-electron chi connectivity index (χ1n) is 7.32. The molecule has 0 radical (unpaired) electrons. The Labute approximate surface area is 119 Å². The van der Waals surface area contributed by atoms with Gasteiger partial charge in [0, 0.05) is 18.6 Å². The molecule has 0 unspecified atom stereocenters. The third-order valence-corrected chi connectivity index (χ3v) is 3.91. The van der Waals surface area contributed by atoms with Crippen molar-refractivity contribution in [3.05, 3.63) is 53.9 Å². The summed E-state index contributed by atoms with van der Waals surface area (Å²) in [5, 5.41) is 0. The predicted molar refractivity (Wildman–Crippen MR) is 81.0 cm³/mol. The Morgan fingerprint density at radius 2 is 1.85 bits per heavy atom. The van der Waals surface area contributed by atoms with Crippen molar-refractivity contribution in [2.24, 2.45) is 0 Å². The highest BCUT2D eigenvalue weighted by Crippen LogP contribution is 2.34. The van der Waals surface area contributed by atoms with Crippen molar-refractivity contribution >= 4 is 12.2 Å². The van der Waals surface area contributed by atoms with Gasteiger partial charge < -0.3 is 0 Å². The zero-order chi connectivity index (χ0) is 13.6. The van der Waals surface area contributed by atoms with E-state index in [1.54, 1.807) is 18.6 Å². The molecule has 0 saturated heterocycles. The minimum Gasteiger partial charge on any atom is -0.261 e. The number of nitrogens with zero attached hydrogens (tertiary/aromatic N) is 3. The van der Waals surface area contributed by atoms with E-state index in [1.165, 1.54) is 37.7 Å². The van der Waals surface area contributed by atoms with Crippen LogP contribution in [0.3, 0.4) is 0 Å². The normalized spacial score (nSPS) is 16.6. The van der Waals surface area contributed by atoms with Crippen LogP contribution in [0.2, 0.25) is 0 Å². The quantitative estimate of drug-likeness (QED) is 0.839. The molecule has 0 spiro atoms. The van der Waals surface area contributed by atoms with Gasteiger partial charge in [0.05, 0.1) is 17.6 Å². The molecule has 0 N–H and O–H groups in total. The molecular weight excluding hydrogens is 246 g/mol. The summed E-state index contributed by atoms with van der Waals surface area (Å²) in [6.45, 7) is 0. The van der Waals surface area contributed by atoms with Gasteiger partial charge in [-0.2, -0.15) is 0 Å². The Hall–Kier alpha value is -2.03. The van der Waals surface area contributed by atoms with Crippen LogP contribution in [0.4, 0.5) is 0 Å². The molecule has 1 aliphatic rings. The van der Waals surface area contributed by atoms with Crippen molar-refractivity contribution in [1.29, 1.82) is 0 Å². The van der Waals surface area contributed by atoms with Crippen LogP contribution >= 0.6 is 0 Å². The lowest BCUT2D eigenvalue weighted by Crippen LogP contribution is -2.06. The second-order valence-electron chi connectivity index (χ2n) is 5.28. The molecule has 0 atom stereocenters. The second kappa shape index (κ2) is 6.42. The molecule has 2 aromatic heterocycles. The molecule has 2 aromatic rings. The van der Waals surface area contributed by atoms with E-state index in [2.05, 4.69) is 27.1 Å². The predicted octanol–water partition coefficient (Wildman–Crippen LogP) is 4.09. The van der Waals surface area contributed by atoms with Crippen LogP contribution < -0.4 is 0 Å². The van der Waals surface area contributed by atoms with Crippen LogP contribution in [-0.2, 0) is 0 Å². The van der Waals surface area contributed by atoms with Crippen LogP contribution in [0.15, 0.2) is 36.9 Å². The van der Waals surface area contributed by atoms with Gasteiger partial charge in [0.1, 0.15) is 0 Å². The summed E-state index contributed by atoms with van der Waals surface area (Å²) in [5.41, 5.74) is 3.32. The number of hydrogen-bond acceptors (Lipinski definition) is 3. The maximum Gasteiger partial charge on any atom is 0.0813 e. The number of hydrogen-bond donors (Lipinski definition) is 0. The van der Waals surface area contributed by atoms with Crippen molar-refractivity contribution < 1.29 is 0 Å². The van der Waals surface area contributed by atoms with Gasteiger partial charge in [0.15, 0.2) is 0 Å². The molecule has 102 valence electrons. The molecule has 3 nitrogen and oxygen atoms in total. The largest absolute Gasteiger partial charge is 0.261 e. The Morgan fingerprint density at radius 3 is 2.65 bits per heavy atom. The van der Waals surface area contributed by atoms with E-state index in [-0.39, 0.29) is 0 Å². The molecule has 2 heterocycles. The first-order valence-corrected chi connectivity index (χ1v) is 7.32. The lowest BCUT2D eigenvalue weighted by atomic mass is 9.83. The average molecular weight is 265 g/mol. The molecule has 1 fully saturated rings. The van der Waals surface area contributed by atoms with Crippen LogP contribution in [0.25, 0.3) is 12.2 Å². The van der Waals surface area contributed by atoms with Crippen molar-refractivity contribution in [3.63, 3.8) is 0 Å². The van der Waals surface area contributed by atoms with Crippen LogP contribution in [0, 0.1) is 0 Å². The summed E-state index contributed by atoms with van der Waals surface area (Å²) in [7, 11) is 0. The lowest BCUT2D eigenvalue weighted by molar-refractivity contribution is 0.442. The standard InChI is InChI=1S/C17H19N3/c1-2-5-14(6-3-1)16-7-4-10-20-17(16)9-8-15-13-18-11-12-19-15/h4,7-14H,1-3,5-6H2. The molecule has 20 heavy (non-hydrogen) atoms. The SMILES string of the molecule is C(=Cc1ncccc1C1CCCCC1)c1cnccn1. The second-order valence-corrected chi connectivity index (χ2v) is 5.28. The molecule has 3 heteroatoms. The summed E-state index contributed by atoms with van der Waals surface area (Å²) in [6.07, 6.45) is 17.7. The van der Waals surface area contributed by atoms with Crippen molar-refractivity contribution in [1.82, 2.24) is 15.0 Å². The summed E-state index contributed by atoms with van der Waals surface area (Å²) in [6, 6.07) is 4.27.